The van der Waals surface area contributed by atoms with Crippen molar-refractivity contribution >= 4 is 22.8 Å². The van der Waals surface area contributed by atoms with Crippen LogP contribution in [0.4, 0.5) is 19.1 Å². The largest absolute Gasteiger partial charge is 0.416 e. The number of fused-ring (bicyclic) bond motifs is 1. The van der Waals surface area contributed by atoms with Crippen LogP contribution < -0.4 is 10.9 Å². The van der Waals surface area contributed by atoms with Gasteiger partial charge in [-0.25, -0.2) is 4.98 Å². The van der Waals surface area contributed by atoms with Gasteiger partial charge in [-0.2, -0.15) is 13.2 Å². The number of rotatable bonds is 6. The zero-order chi connectivity index (χ0) is 29.3. The number of halogens is 3. The first-order chi connectivity index (χ1) is 20.3. The molecule has 1 N–H and O–H groups in total. The zero-order valence-corrected chi connectivity index (χ0v) is 22.3. The highest BCUT2D eigenvalue weighted by Gasteiger charge is 2.30. The van der Waals surface area contributed by atoms with Crippen molar-refractivity contribution in [2.45, 2.75) is 37.8 Å². The topological polar surface area (TPSA) is 73.2 Å². The Morgan fingerprint density at radius 2 is 1.55 bits per heavy atom. The fourth-order valence-corrected chi connectivity index (χ4v) is 5.24. The summed E-state index contributed by atoms with van der Waals surface area (Å²) in [6.07, 6.45) is -3.28. The van der Waals surface area contributed by atoms with E-state index in [4.69, 9.17) is 4.74 Å². The molecule has 1 aliphatic heterocycles. The highest BCUT2D eigenvalue weighted by Crippen LogP contribution is 2.34. The minimum absolute atomic E-state index is 0.0673. The van der Waals surface area contributed by atoms with Gasteiger partial charge in [0.25, 0.3) is 11.5 Å². The maximum atomic E-state index is 13.8. The number of nitrogens with one attached hydrogen (secondary N) is 1. The summed E-state index contributed by atoms with van der Waals surface area (Å²) < 4.78 is 46.9. The third-order valence-electron chi connectivity index (χ3n) is 7.43. The summed E-state index contributed by atoms with van der Waals surface area (Å²) in [7, 11) is 0. The summed E-state index contributed by atoms with van der Waals surface area (Å²) in [6.45, 7) is 0.191. The molecule has 6 rings (SSSR count). The summed E-state index contributed by atoms with van der Waals surface area (Å²) in [5, 5.41) is 3.11. The van der Waals surface area contributed by atoms with Gasteiger partial charge >= 0.3 is 6.18 Å². The fourth-order valence-electron chi connectivity index (χ4n) is 5.24. The molecule has 6 nitrogen and oxygen atoms in total. The Morgan fingerprint density at radius 3 is 2.24 bits per heavy atom. The van der Waals surface area contributed by atoms with E-state index in [1.54, 1.807) is 48.5 Å². The van der Waals surface area contributed by atoms with Crippen LogP contribution in [0, 0.1) is 0 Å². The molecule has 2 unspecified atom stereocenters. The molecule has 0 aliphatic carbocycles. The number of benzene rings is 4. The van der Waals surface area contributed by atoms with Gasteiger partial charge in [0.15, 0.2) is 0 Å². The van der Waals surface area contributed by atoms with Crippen LogP contribution in [-0.4, -0.2) is 21.6 Å². The minimum Gasteiger partial charge on any atom is -0.368 e. The number of hydrogen-bond donors (Lipinski definition) is 1. The van der Waals surface area contributed by atoms with Crippen molar-refractivity contribution in [1.82, 2.24) is 9.55 Å². The predicted molar refractivity (Wildman–Crippen MR) is 154 cm³/mol. The molecule has 0 bridgehead atoms. The summed E-state index contributed by atoms with van der Waals surface area (Å²) in [4.78, 5) is 31.6. The van der Waals surface area contributed by atoms with E-state index < -0.39 is 17.6 Å². The Morgan fingerprint density at radius 1 is 0.881 bits per heavy atom. The second kappa shape index (κ2) is 11.3. The molecule has 5 aromatic rings. The highest BCUT2D eigenvalue weighted by atomic mass is 19.4. The molecule has 1 aliphatic rings. The van der Waals surface area contributed by atoms with E-state index >= 15 is 0 Å². The first-order valence-electron chi connectivity index (χ1n) is 13.6. The number of ether oxygens (including phenoxy) is 1. The minimum atomic E-state index is -4.44. The molecule has 9 heteroatoms. The van der Waals surface area contributed by atoms with Gasteiger partial charge in [0.05, 0.1) is 35.2 Å². The molecule has 4 aromatic carbocycles. The van der Waals surface area contributed by atoms with Crippen molar-refractivity contribution in [2.24, 2.45) is 0 Å². The van der Waals surface area contributed by atoms with Gasteiger partial charge in [0, 0.05) is 5.56 Å². The SMILES string of the molecule is O=C(Nc1nc2cc(-c3ccc(C(F)(F)F)cc3)ccc2c(=O)n1CC1CCC(c2ccccc2)O1)c1ccccc1. The van der Waals surface area contributed by atoms with E-state index in [1.807, 2.05) is 30.3 Å². The van der Waals surface area contributed by atoms with Crippen molar-refractivity contribution in [2.75, 3.05) is 5.32 Å². The molecule has 42 heavy (non-hydrogen) atoms. The lowest BCUT2D eigenvalue weighted by Crippen LogP contribution is -2.31. The van der Waals surface area contributed by atoms with Gasteiger partial charge in [0.2, 0.25) is 5.95 Å². The van der Waals surface area contributed by atoms with E-state index in [-0.39, 0.29) is 30.3 Å². The van der Waals surface area contributed by atoms with Crippen molar-refractivity contribution in [1.29, 1.82) is 0 Å². The second-order valence-electron chi connectivity index (χ2n) is 10.2. The van der Waals surface area contributed by atoms with Crippen molar-refractivity contribution in [3.63, 3.8) is 0 Å². The van der Waals surface area contributed by atoms with Crippen LogP contribution in [0.15, 0.2) is 108 Å². The first-order valence-corrected chi connectivity index (χ1v) is 13.6. The lowest BCUT2D eigenvalue weighted by molar-refractivity contribution is -0.137. The lowest BCUT2D eigenvalue weighted by Gasteiger charge is -2.19. The summed E-state index contributed by atoms with van der Waals surface area (Å²) in [6, 6.07) is 28.2. The highest BCUT2D eigenvalue weighted by molar-refractivity contribution is 6.03. The Bertz CT molecular complexity index is 1790. The molecule has 0 radical (unpaired) electrons. The number of hydrogen-bond acceptors (Lipinski definition) is 4. The number of amides is 1. The molecule has 0 saturated carbocycles. The Hall–Kier alpha value is -4.76. The maximum Gasteiger partial charge on any atom is 0.416 e. The van der Waals surface area contributed by atoms with Crippen LogP contribution >= 0.6 is 0 Å². The van der Waals surface area contributed by atoms with Crippen molar-refractivity contribution in [3.8, 4) is 11.1 Å². The number of carbonyl (C=O) groups excluding carboxylic acids is 1. The van der Waals surface area contributed by atoms with E-state index in [2.05, 4.69) is 10.3 Å². The van der Waals surface area contributed by atoms with Gasteiger partial charge in [0.1, 0.15) is 0 Å². The molecule has 1 aromatic heterocycles. The third-order valence-corrected chi connectivity index (χ3v) is 7.43. The Balaban J connectivity index is 1.36. The Kier molecular flexibility index (Phi) is 7.34. The van der Waals surface area contributed by atoms with Crippen LogP contribution in [0.1, 0.15) is 40.4 Å². The van der Waals surface area contributed by atoms with Crippen LogP contribution in [0.2, 0.25) is 0 Å². The van der Waals surface area contributed by atoms with E-state index in [0.29, 0.717) is 27.6 Å². The monoisotopic (exact) mass is 569 g/mol. The molecule has 1 fully saturated rings. The molecule has 212 valence electrons. The van der Waals surface area contributed by atoms with Gasteiger partial charge < -0.3 is 4.74 Å². The van der Waals surface area contributed by atoms with Gasteiger partial charge in [-0.1, -0.05) is 66.7 Å². The predicted octanol–water partition coefficient (Wildman–Crippen LogP) is 7.25. The van der Waals surface area contributed by atoms with E-state index in [9.17, 15) is 22.8 Å². The average molecular weight is 570 g/mol. The number of nitrogens with zero attached hydrogens (tertiary/aromatic N) is 2. The maximum absolute atomic E-state index is 13.8. The molecule has 2 heterocycles. The van der Waals surface area contributed by atoms with Gasteiger partial charge in [-0.3, -0.25) is 19.5 Å². The van der Waals surface area contributed by atoms with Crippen molar-refractivity contribution in [3.05, 3.63) is 130 Å². The van der Waals surface area contributed by atoms with E-state index in [1.165, 1.54) is 16.7 Å². The average Bonchev–Trinajstić information content (AvgIpc) is 3.48. The second-order valence-corrected chi connectivity index (χ2v) is 10.2. The van der Waals surface area contributed by atoms with E-state index in [0.717, 1.165) is 30.5 Å². The molecule has 1 saturated heterocycles. The van der Waals surface area contributed by atoms with Crippen LogP contribution in [0.5, 0.6) is 0 Å². The lowest BCUT2D eigenvalue weighted by atomic mass is 10.0. The smallest absolute Gasteiger partial charge is 0.368 e. The summed E-state index contributed by atoms with van der Waals surface area (Å²) in [5.74, 6) is -0.360. The molecular weight excluding hydrogens is 543 g/mol. The number of carbonyl (C=O) groups is 1. The third kappa shape index (κ3) is 5.69. The molecule has 1 amide bonds. The summed E-state index contributed by atoms with van der Waals surface area (Å²) >= 11 is 0. The molecule has 0 spiro atoms. The van der Waals surface area contributed by atoms with Crippen molar-refractivity contribution < 1.29 is 22.7 Å². The summed E-state index contributed by atoms with van der Waals surface area (Å²) in [5.41, 5.74) is 1.81. The van der Waals surface area contributed by atoms with Gasteiger partial charge in [-0.15, -0.1) is 0 Å². The number of alkyl halides is 3. The quantitative estimate of drug-likeness (QED) is 0.234. The van der Waals surface area contributed by atoms with Crippen LogP contribution in [0.3, 0.4) is 0 Å². The number of aromatic nitrogens is 2. The van der Waals surface area contributed by atoms with Gasteiger partial charge in [-0.05, 0) is 65.9 Å². The van der Waals surface area contributed by atoms with Crippen LogP contribution in [0.25, 0.3) is 22.0 Å². The first kappa shape index (κ1) is 27.4. The number of anilines is 1. The Labute approximate surface area is 239 Å². The zero-order valence-electron chi connectivity index (χ0n) is 22.3. The van der Waals surface area contributed by atoms with Crippen LogP contribution in [-0.2, 0) is 17.5 Å². The normalized spacial score (nSPS) is 16.9. The molecular formula is C33H26F3N3O3. The standard InChI is InChI=1S/C33H26F3N3O3/c34-33(35,36)25-14-11-21(12-15-25)24-13-17-27-28(19-24)37-32(38-30(40)23-9-5-2-6-10-23)39(31(27)41)20-26-16-18-29(42-26)22-7-3-1-4-8-22/h1-15,17,19,26,29H,16,18,20H2,(H,37,38,40). The molecule has 2 atom stereocenters. The fraction of sp³-hybridized carbons (Fsp3) is 0.182.